The number of hydrogen-bond acceptors (Lipinski definition) is 5. The van der Waals surface area contributed by atoms with Crippen molar-refractivity contribution in [2.45, 2.75) is 38.3 Å². The maximum Gasteiger partial charge on any atom is 0.244 e. The summed E-state index contributed by atoms with van der Waals surface area (Å²) in [5.74, 6) is 2.26. The summed E-state index contributed by atoms with van der Waals surface area (Å²) >= 11 is 0. The molecule has 146 valence electrons. The number of carbonyl (C=O) groups excluding carboxylic acids is 1. The van der Waals surface area contributed by atoms with Crippen LogP contribution < -0.4 is 4.74 Å². The van der Waals surface area contributed by atoms with Crippen LogP contribution in [0.2, 0.25) is 0 Å². The zero-order valence-corrected chi connectivity index (χ0v) is 16.0. The standard InChI is InChI=1S/C21H24N4O3/c1-27-17-7-4-6-16(12-17)13-18-14-22-21(28-18)19-8-2-3-11-25(19)20(26)15-24-10-5-9-23-24/h4-7,9-10,12,14,19H,2-3,8,11,13,15H2,1H3/t19-/m1/s1. The lowest BCUT2D eigenvalue weighted by molar-refractivity contribution is -0.136. The molecule has 28 heavy (non-hydrogen) atoms. The number of methoxy groups -OCH3 is 1. The molecule has 0 spiro atoms. The molecular formula is C21H24N4O3. The summed E-state index contributed by atoms with van der Waals surface area (Å²) in [7, 11) is 1.66. The maximum atomic E-state index is 12.8. The first kappa shape index (κ1) is 18.3. The van der Waals surface area contributed by atoms with Crippen LogP contribution in [0, 0.1) is 0 Å². The maximum absolute atomic E-state index is 12.8. The normalized spacial score (nSPS) is 16.9. The van der Waals surface area contributed by atoms with Gasteiger partial charge in [0.25, 0.3) is 0 Å². The summed E-state index contributed by atoms with van der Waals surface area (Å²) in [5.41, 5.74) is 1.09. The van der Waals surface area contributed by atoms with E-state index in [-0.39, 0.29) is 18.5 Å². The van der Waals surface area contributed by atoms with Gasteiger partial charge in [-0.3, -0.25) is 9.48 Å². The van der Waals surface area contributed by atoms with Crippen LogP contribution in [0.5, 0.6) is 5.75 Å². The van der Waals surface area contributed by atoms with Gasteiger partial charge >= 0.3 is 0 Å². The first-order valence-corrected chi connectivity index (χ1v) is 9.57. The second-order valence-electron chi connectivity index (χ2n) is 7.00. The number of ether oxygens (including phenoxy) is 1. The van der Waals surface area contributed by atoms with E-state index in [1.54, 1.807) is 30.4 Å². The minimum absolute atomic E-state index is 0.0425. The Morgan fingerprint density at radius 3 is 3.07 bits per heavy atom. The van der Waals surface area contributed by atoms with Crippen molar-refractivity contribution < 1.29 is 13.9 Å². The smallest absolute Gasteiger partial charge is 0.244 e. The fourth-order valence-corrected chi connectivity index (χ4v) is 3.65. The van der Waals surface area contributed by atoms with E-state index in [0.717, 1.165) is 42.9 Å². The number of oxazole rings is 1. The average Bonchev–Trinajstić information content (AvgIpc) is 3.40. The molecule has 1 aliphatic heterocycles. The van der Waals surface area contributed by atoms with Gasteiger partial charge in [0.05, 0.1) is 13.3 Å². The molecular weight excluding hydrogens is 356 g/mol. The van der Waals surface area contributed by atoms with Crippen LogP contribution in [0.25, 0.3) is 0 Å². The molecule has 1 atom stereocenters. The van der Waals surface area contributed by atoms with E-state index in [4.69, 9.17) is 9.15 Å². The van der Waals surface area contributed by atoms with Crippen LogP contribution >= 0.6 is 0 Å². The number of benzene rings is 1. The second kappa shape index (κ2) is 8.29. The highest BCUT2D eigenvalue weighted by Crippen LogP contribution is 2.31. The highest BCUT2D eigenvalue weighted by atomic mass is 16.5. The molecule has 1 aromatic carbocycles. The van der Waals surface area contributed by atoms with Gasteiger partial charge in [-0.1, -0.05) is 12.1 Å². The Morgan fingerprint density at radius 1 is 1.32 bits per heavy atom. The van der Waals surface area contributed by atoms with E-state index < -0.39 is 0 Å². The van der Waals surface area contributed by atoms with E-state index in [1.165, 1.54) is 0 Å². The molecule has 0 N–H and O–H groups in total. The molecule has 1 saturated heterocycles. The molecule has 0 bridgehead atoms. The van der Waals surface area contributed by atoms with E-state index >= 15 is 0 Å². The third-order valence-electron chi connectivity index (χ3n) is 5.05. The Morgan fingerprint density at radius 2 is 2.25 bits per heavy atom. The first-order valence-electron chi connectivity index (χ1n) is 9.57. The number of piperidine rings is 1. The minimum Gasteiger partial charge on any atom is -0.497 e. The lowest BCUT2D eigenvalue weighted by Gasteiger charge is -2.33. The molecule has 7 nitrogen and oxygen atoms in total. The largest absolute Gasteiger partial charge is 0.497 e. The second-order valence-corrected chi connectivity index (χ2v) is 7.00. The highest BCUT2D eigenvalue weighted by molar-refractivity contribution is 5.76. The van der Waals surface area contributed by atoms with Crippen molar-refractivity contribution in [2.24, 2.45) is 0 Å². The Hall–Kier alpha value is -3.09. The van der Waals surface area contributed by atoms with E-state index in [1.807, 2.05) is 35.2 Å². The van der Waals surface area contributed by atoms with Gasteiger partial charge in [-0.15, -0.1) is 0 Å². The first-order chi connectivity index (χ1) is 13.7. The van der Waals surface area contributed by atoms with Crippen LogP contribution in [0.3, 0.4) is 0 Å². The monoisotopic (exact) mass is 380 g/mol. The van der Waals surface area contributed by atoms with E-state index in [9.17, 15) is 4.79 Å². The molecule has 0 aliphatic carbocycles. The molecule has 7 heteroatoms. The van der Waals surface area contributed by atoms with Crippen molar-refractivity contribution >= 4 is 5.91 Å². The third kappa shape index (κ3) is 4.08. The lowest BCUT2D eigenvalue weighted by Crippen LogP contribution is -2.40. The summed E-state index contributed by atoms with van der Waals surface area (Å²) in [6.45, 7) is 0.958. The van der Waals surface area contributed by atoms with Gasteiger partial charge < -0.3 is 14.1 Å². The summed E-state index contributed by atoms with van der Waals surface area (Å²) in [4.78, 5) is 19.2. The molecule has 1 amide bonds. The molecule has 2 aromatic heterocycles. The average molecular weight is 380 g/mol. The van der Waals surface area contributed by atoms with Gasteiger partial charge in [-0.05, 0) is 43.0 Å². The highest BCUT2D eigenvalue weighted by Gasteiger charge is 2.31. The molecule has 0 radical (unpaired) electrons. The fourth-order valence-electron chi connectivity index (χ4n) is 3.65. The molecule has 1 fully saturated rings. The predicted octanol–water partition coefficient (Wildman–Crippen LogP) is 3.22. The molecule has 1 aliphatic rings. The zero-order valence-electron chi connectivity index (χ0n) is 16.0. The Kier molecular flexibility index (Phi) is 5.41. The minimum atomic E-state index is -0.115. The van der Waals surface area contributed by atoms with Gasteiger partial charge in [0.1, 0.15) is 24.1 Å². The summed E-state index contributed by atoms with van der Waals surface area (Å²) in [6.07, 6.45) is 8.80. The summed E-state index contributed by atoms with van der Waals surface area (Å²) < 4.78 is 13.0. The third-order valence-corrected chi connectivity index (χ3v) is 5.05. The molecule has 0 unspecified atom stereocenters. The van der Waals surface area contributed by atoms with E-state index in [0.29, 0.717) is 12.3 Å². The van der Waals surface area contributed by atoms with Crippen molar-refractivity contribution in [3.05, 3.63) is 66.1 Å². The summed E-state index contributed by atoms with van der Waals surface area (Å²) in [6, 6.07) is 9.60. The van der Waals surface area contributed by atoms with Crippen LogP contribution in [0.1, 0.15) is 42.5 Å². The fraction of sp³-hybridized carbons (Fsp3) is 0.381. The molecule has 3 heterocycles. The SMILES string of the molecule is COc1cccc(Cc2cnc([C@H]3CCCCN3C(=O)Cn3cccn3)o2)c1. The molecule has 4 rings (SSSR count). The predicted molar refractivity (Wildman–Crippen MR) is 103 cm³/mol. The van der Waals surface area contributed by atoms with Gasteiger partial charge in [0, 0.05) is 25.4 Å². The number of aromatic nitrogens is 3. The number of carbonyl (C=O) groups is 1. The van der Waals surface area contributed by atoms with Crippen LogP contribution in [0.15, 0.2) is 53.3 Å². The Balaban J connectivity index is 1.48. The topological polar surface area (TPSA) is 73.4 Å². The van der Waals surface area contributed by atoms with E-state index in [2.05, 4.69) is 10.1 Å². The quantitative estimate of drug-likeness (QED) is 0.656. The van der Waals surface area contributed by atoms with Gasteiger partial charge in [0.2, 0.25) is 11.8 Å². The van der Waals surface area contributed by atoms with Crippen LogP contribution in [-0.4, -0.2) is 39.2 Å². The lowest BCUT2D eigenvalue weighted by atomic mass is 10.0. The molecule has 3 aromatic rings. The van der Waals surface area contributed by atoms with Crippen molar-refractivity contribution in [1.29, 1.82) is 0 Å². The van der Waals surface area contributed by atoms with Gasteiger partial charge in [-0.2, -0.15) is 5.10 Å². The van der Waals surface area contributed by atoms with Crippen molar-refractivity contribution in [2.75, 3.05) is 13.7 Å². The molecule has 0 saturated carbocycles. The number of nitrogens with zero attached hydrogens (tertiary/aromatic N) is 4. The zero-order chi connectivity index (χ0) is 19.3. The van der Waals surface area contributed by atoms with Gasteiger partial charge in [-0.25, -0.2) is 4.98 Å². The van der Waals surface area contributed by atoms with Gasteiger partial charge in [0.15, 0.2) is 0 Å². The van der Waals surface area contributed by atoms with Crippen molar-refractivity contribution in [3.8, 4) is 5.75 Å². The number of rotatable bonds is 6. The number of amides is 1. The number of likely N-dealkylation sites (tertiary alicyclic amines) is 1. The Labute approximate surface area is 163 Å². The van der Waals surface area contributed by atoms with Crippen LogP contribution in [-0.2, 0) is 17.8 Å². The Bertz CT molecular complexity index is 919. The van der Waals surface area contributed by atoms with Crippen LogP contribution in [0.4, 0.5) is 0 Å². The number of hydrogen-bond donors (Lipinski definition) is 0. The van der Waals surface area contributed by atoms with Crippen molar-refractivity contribution in [3.63, 3.8) is 0 Å². The summed E-state index contributed by atoms with van der Waals surface area (Å²) in [5, 5.41) is 4.13. The van der Waals surface area contributed by atoms with Crippen molar-refractivity contribution in [1.82, 2.24) is 19.7 Å².